The Hall–Kier alpha value is -3.73. The maximum atomic E-state index is 13.1. The lowest BCUT2D eigenvalue weighted by molar-refractivity contribution is -0.137. The van der Waals surface area contributed by atoms with Crippen molar-refractivity contribution in [1.29, 1.82) is 0 Å². The third-order valence-corrected chi connectivity index (χ3v) is 5.21. The van der Waals surface area contributed by atoms with E-state index in [9.17, 15) is 23.1 Å². The van der Waals surface area contributed by atoms with Gasteiger partial charge in [0.05, 0.1) is 29.7 Å². The Balaban J connectivity index is 1.52. The fourth-order valence-corrected chi connectivity index (χ4v) is 3.76. The van der Waals surface area contributed by atoms with Crippen LogP contribution in [-0.2, 0) is 6.18 Å². The number of nitrogens with zero attached hydrogens (tertiary/aromatic N) is 5. The Morgan fingerprint density at radius 1 is 1.19 bits per heavy atom. The van der Waals surface area contributed by atoms with Crippen LogP contribution in [0.5, 0.6) is 0 Å². The van der Waals surface area contributed by atoms with Gasteiger partial charge in [0.25, 0.3) is 0 Å². The second-order valence-corrected chi connectivity index (χ2v) is 7.14. The molecule has 1 saturated heterocycles. The SMILES string of the molecule is O=C(Nc1cnccn1)N1c2nc(-c3cccc(C(F)(F)F)c3)ccc2N2C[C@@H](O)[C@@H]21. The van der Waals surface area contributed by atoms with E-state index in [2.05, 4.69) is 20.3 Å². The Morgan fingerprint density at radius 3 is 2.74 bits per heavy atom. The van der Waals surface area contributed by atoms with Crippen molar-refractivity contribution in [2.45, 2.75) is 18.4 Å². The fourth-order valence-electron chi connectivity index (χ4n) is 3.76. The molecule has 0 bridgehead atoms. The normalized spacial score (nSPS) is 19.5. The van der Waals surface area contributed by atoms with Gasteiger partial charge in [-0.3, -0.25) is 15.2 Å². The molecule has 0 saturated carbocycles. The highest BCUT2D eigenvalue weighted by Crippen LogP contribution is 2.45. The number of aliphatic hydroxyl groups excluding tert-OH is 1. The van der Waals surface area contributed by atoms with E-state index in [0.29, 0.717) is 12.2 Å². The van der Waals surface area contributed by atoms with Crippen LogP contribution in [-0.4, -0.2) is 44.9 Å². The van der Waals surface area contributed by atoms with Gasteiger partial charge in [-0.25, -0.2) is 14.8 Å². The summed E-state index contributed by atoms with van der Waals surface area (Å²) in [6.07, 6.45) is -1.68. The van der Waals surface area contributed by atoms with Gasteiger partial charge >= 0.3 is 12.2 Å². The minimum Gasteiger partial charge on any atom is -0.387 e. The van der Waals surface area contributed by atoms with Crippen molar-refractivity contribution in [3.8, 4) is 11.3 Å². The van der Waals surface area contributed by atoms with Crippen LogP contribution in [0.3, 0.4) is 0 Å². The van der Waals surface area contributed by atoms with E-state index in [4.69, 9.17) is 0 Å². The molecule has 2 amide bonds. The number of carbonyl (C=O) groups is 1. The number of benzene rings is 1. The molecule has 1 fully saturated rings. The maximum Gasteiger partial charge on any atom is 0.416 e. The molecule has 0 spiro atoms. The van der Waals surface area contributed by atoms with Crippen molar-refractivity contribution in [3.63, 3.8) is 0 Å². The predicted octanol–water partition coefficient (Wildman–Crippen LogP) is 3.12. The number of carbonyl (C=O) groups excluding carboxylic acids is 1. The highest BCUT2D eigenvalue weighted by Gasteiger charge is 2.52. The number of rotatable bonds is 2. The van der Waals surface area contributed by atoms with E-state index in [1.165, 1.54) is 35.6 Å². The van der Waals surface area contributed by atoms with E-state index in [0.717, 1.165) is 12.1 Å². The number of aromatic nitrogens is 3. The molecule has 2 aliphatic heterocycles. The molecule has 0 radical (unpaired) electrons. The van der Waals surface area contributed by atoms with Crippen LogP contribution in [0.15, 0.2) is 55.0 Å². The van der Waals surface area contributed by atoms with Gasteiger partial charge in [-0.05, 0) is 24.3 Å². The number of nitrogens with one attached hydrogen (secondary N) is 1. The Bertz CT molecular complexity index is 1160. The molecule has 0 unspecified atom stereocenters. The highest BCUT2D eigenvalue weighted by molar-refractivity contribution is 6.06. The molecular formula is C20H15F3N6O2. The van der Waals surface area contributed by atoms with Crippen molar-refractivity contribution in [2.75, 3.05) is 21.7 Å². The minimum absolute atomic E-state index is 0.218. The summed E-state index contributed by atoms with van der Waals surface area (Å²) in [6.45, 7) is 0.317. The molecular weight excluding hydrogens is 413 g/mol. The zero-order chi connectivity index (χ0) is 21.8. The quantitative estimate of drug-likeness (QED) is 0.652. The third kappa shape index (κ3) is 3.22. The molecule has 31 heavy (non-hydrogen) atoms. The molecule has 1 aromatic carbocycles. The number of pyridine rings is 1. The fraction of sp³-hybridized carbons (Fsp3) is 0.200. The summed E-state index contributed by atoms with van der Waals surface area (Å²) in [5, 5.41) is 12.8. The van der Waals surface area contributed by atoms with E-state index in [1.54, 1.807) is 17.0 Å². The molecule has 3 aromatic rings. The number of alkyl halides is 3. The summed E-state index contributed by atoms with van der Waals surface area (Å²) < 4.78 is 39.3. The first-order chi connectivity index (χ1) is 14.8. The monoisotopic (exact) mass is 428 g/mol. The molecule has 5 rings (SSSR count). The van der Waals surface area contributed by atoms with Crippen LogP contribution in [0.25, 0.3) is 11.3 Å². The smallest absolute Gasteiger partial charge is 0.387 e. The van der Waals surface area contributed by atoms with Gasteiger partial charge in [0, 0.05) is 18.0 Å². The highest BCUT2D eigenvalue weighted by atomic mass is 19.4. The van der Waals surface area contributed by atoms with Crippen LogP contribution >= 0.6 is 0 Å². The molecule has 4 heterocycles. The van der Waals surface area contributed by atoms with Crippen molar-refractivity contribution >= 4 is 23.4 Å². The van der Waals surface area contributed by atoms with Gasteiger partial charge in [0.1, 0.15) is 12.3 Å². The number of halogens is 3. The largest absolute Gasteiger partial charge is 0.416 e. The summed E-state index contributed by atoms with van der Waals surface area (Å²) in [7, 11) is 0. The van der Waals surface area contributed by atoms with Gasteiger partial charge in [0.2, 0.25) is 0 Å². The van der Waals surface area contributed by atoms with Crippen molar-refractivity contribution in [2.24, 2.45) is 0 Å². The Kier molecular flexibility index (Phi) is 4.29. The van der Waals surface area contributed by atoms with Crippen LogP contribution in [0, 0.1) is 0 Å². The summed E-state index contributed by atoms with van der Waals surface area (Å²) in [5.74, 6) is 0.466. The molecule has 2 aromatic heterocycles. The molecule has 8 nitrogen and oxygen atoms in total. The molecule has 2 N–H and O–H groups in total. The lowest BCUT2D eigenvalue weighted by Gasteiger charge is -2.44. The van der Waals surface area contributed by atoms with Crippen LogP contribution in [0.1, 0.15) is 5.56 Å². The standard InChI is InChI=1S/C20H15F3N6O2/c21-20(22,23)12-3-1-2-11(8-12)13-4-5-14-17(26-13)29(18-15(30)10-28(14)18)19(31)27-16-9-24-6-7-25-16/h1-9,15,18,30H,10H2,(H,25,27,31)/t15-,18+/m1/s1. The Morgan fingerprint density at radius 2 is 2.03 bits per heavy atom. The van der Waals surface area contributed by atoms with Gasteiger partial charge in [-0.2, -0.15) is 13.2 Å². The molecule has 158 valence electrons. The van der Waals surface area contributed by atoms with Crippen molar-refractivity contribution < 1.29 is 23.1 Å². The number of hydrogen-bond acceptors (Lipinski definition) is 6. The van der Waals surface area contributed by atoms with E-state index in [1.807, 2.05) is 0 Å². The van der Waals surface area contributed by atoms with Crippen molar-refractivity contribution in [3.05, 3.63) is 60.6 Å². The molecule has 0 aliphatic carbocycles. The Labute approximate surface area is 174 Å². The topological polar surface area (TPSA) is 94.5 Å². The first kappa shape index (κ1) is 19.2. The zero-order valence-electron chi connectivity index (χ0n) is 15.8. The lowest BCUT2D eigenvalue weighted by Crippen LogP contribution is -2.66. The predicted molar refractivity (Wildman–Crippen MR) is 105 cm³/mol. The average Bonchev–Trinajstić information content (AvgIpc) is 3.02. The maximum absolute atomic E-state index is 13.1. The van der Waals surface area contributed by atoms with Crippen LogP contribution in [0.2, 0.25) is 0 Å². The van der Waals surface area contributed by atoms with E-state index in [-0.39, 0.29) is 22.9 Å². The lowest BCUT2D eigenvalue weighted by atomic mass is 10.1. The molecule has 2 atom stereocenters. The van der Waals surface area contributed by atoms with E-state index < -0.39 is 30.0 Å². The van der Waals surface area contributed by atoms with Gasteiger partial charge in [-0.15, -0.1) is 0 Å². The first-order valence-corrected chi connectivity index (χ1v) is 9.32. The minimum atomic E-state index is -4.48. The molecule has 2 aliphatic rings. The first-order valence-electron chi connectivity index (χ1n) is 9.32. The number of fused-ring (bicyclic) bond motifs is 3. The number of hydrogen-bond donors (Lipinski definition) is 2. The van der Waals surface area contributed by atoms with Crippen LogP contribution < -0.4 is 15.1 Å². The molecule has 11 heteroatoms. The number of aliphatic hydroxyl groups is 1. The second-order valence-electron chi connectivity index (χ2n) is 7.14. The van der Waals surface area contributed by atoms with Gasteiger partial charge in [-0.1, -0.05) is 12.1 Å². The third-order valence-electron chi connectivity index (χ3n) is 5.21. The summed E-state index contributed by atoms with van der Waals surface area (Å²) in [5.41, 5.74) is 0.366. The summed E-state index contributed by atoms with van der Waals surface area (Å²) in [4.78, 5) is 28.4. The number of anilines is 3. The van der Waals surface area contributed by atoms with Crippen molar-refractivity contribution in [1.82, 2.24) is 15.0 Å². The summed E-state index contributed by atoms with van der Waals surface area (Å²) >= 11 is 0. The van der Waals surface area contributed by atoms with E-state index >= 15 is 0 Å². The average molecular weight is 428 g/mol. The summed E-state index contributed by atoms with van der Waals surface area (Å²) in [6, 6.07) is 7.53. The number of amides is 2. The second kappa shape index (κ2) is 6.91. The van der Waals surface area contributed by atoms with Gasteiger partial charge in [0.15, 0.2) is 11.6 Å². The number of urea groups is 1. The zero-order valence-corrected chi connectivity index (χ0v) is 15.8. The van der Waals surface area contributed by atoms with Crippen LogP contribution in [0.4, 0.5) is 35.3 Å². The van der Waals surface area contributed by atoms with Gasteiger partial charge < -0.3 is 10.0 Å².